The monoisotopic (exact) mass is 306 g/mol. The molecular weight excluding hydrogens is 288 g/mol. The molecule has 6 nitrogen and oxygen atoms in total. The summed E-state index contributed by atoms with van der Waals surface area (Å²) in [5.74, 6) is -0.191. The van der Waals surface area contributed by atoms with E-state index in [2.05, 4.69) is 15.4 Å². The zero-order chi connectivity index (χ0) is 15.0. The molecule has 0 spiro atoms. The topological polar surface area (TPSA) is 69.0 Å². The van der Waals surface area contributed by atoms with E-state index in [0.29, 0.717) is 6.61 Å². The van der Waals surface area contributed by atoms with E-state index < -0.39 is 0 Å². The molecule has 0 bridgehead atoms. The number of ether oxygens (including phenoxy) is 1. The van der Waals surface area contributed by atoms with Crippen LogP contribution in [-0.4, -0.2) is 27.3 Å². The van der Waals surface area contributed by atoms with Gasteiger partial charge in [-0.15, -0.1) is 11.3 Å². The highest BCUT2D eigenvalue weighted by molar-refractivity contribution is 7.16. The average Bonchev–Trinajstić information content (AvgIpc) is 3.10. The summed E-state index contributed by atoms with van der Waals surface area (Å²) in [6.07, 6.45) is 4.17. The second-order valence-corrected chi connectivity index (χ2v) is 6.47. The molecule has 2 aromatic heterocycles. The molecule has 2 aromatic rings. The number of thiazole rings is 1. The van der Waals surface area contributed by atoms with Crippen LogP contribution in [0.4, 0.5) is 5.00 Å². The fraction of sp³-hybridized carbons (Fsp3) is 0.500. The van der Waals surface area contributed by atoms with E-state index in [1.807, 2.05) is 27.1 Å². The number of rotatable bonds is 3. The van der Waals surface area contributed by atoms with E-state index in [0.717, 1.165) is 27.7 Å². The molecular formula is C14H18N4O2S. The van der Waals surface area contributed by atoms with Crippen LogP contribution < -0.4 is 5.32 Å². The second kappa shape index (κ2) is 5.57. The van der Waals surface area contributed by atoms with Crippen molar-refractivity contribution in [3.63, 3.8) is 0 Å². The first-order valence-electron chi connectivity index (χ1n) is 6.89. The van der Waals surface area contributed by atoms with Crippen molar-refractivity contribution in [2.24, 2.45) is 13.0 Å². The number of aryl methyl sites for hydroxylation is 3. The number of anilines is 1. The quantitative estimate of drug-likeness (QED) is 0.944. The number of nitrogens with one attached hydrogen (secondary N) is 1. The number of hydrogen-bond donors (Lipinski definition) is 1. The molecule has 0 unspecified atom stereocenters. The van der Waals surface area contributed by atoms with Crippen molar-refractivity contribution in [3.05, 3.63) is 28.7 Å². The SMILES string of the molecule is Cc1nc(C)c(NC(=O)[C@H]2CCO[C@@H]2c2cnn(C)c2)s1. The largest absolute Gasteiger partial charge is 0.373 e. The summed E-state index contributed by atoms with van der Waals surface area (Å²) in [6, 6.07) is 0. The molecule has 3 rings (SSSR count). The van der Waals surface area contributed by atoms with Gasteiger partial charge in [0.15, 0.2) is 0 Å². The van der Waals surface area contributed by atoms with Gasteiger partial charge >= 0.3 is 0 Å². The smallest absolute Gasteiger partial charge is 0.231 e. The van der Waals surface area contributed by atoms with Crippen LogP contribution in [0.15, 0.2) is 12.4 Å². The van der Waals surface area contributed by atoms with Gasteiger partial charge in [0.2, 0.25) is 5.91 Å². The van der Waals surface area contributed by atoms with Gasteiger partial charge in [-0.2, -0.15) is 5.10 Å². The molecule has 7 heteroatoms. The lowest BCUT2D eigenvalue weighted by atomic mass is 9.96. The third kappa shape index (κ3) is 2.84. The number of carbonyl (C=O) groups is 1. The van der Waals surface area contributed by atoms with E-state index >= 15 is 0 Å². The Bertz CT molecular complexity index is 664. The molecule has 1 aliphatic heterocycles. The number of carbonyl (C=O) groups excluding carboxylic acids is 1. The van der Waals surface area contributed by atoms with Crippen molar-refractivity contribution in [1.82, 2.24) is 14.8 Å². The molecule has 3 heterocycles. The molecule has 1 aliphatic rings. The summed E-state index contributed by atoms with van der Waals surface area (Å²) in [6.45, 7) is 4.44. The van der Waals surface area contributed by atoms with Gasteiger partial charge in [-0.05, 0) is 20.3 Å². The van der Waals surface area contributed by atoms with Crippen molar-refractivity contribution in [1.29, 1.82) is 0 Å². The Hall–Kier alpha value is -1.73. The maximum absolute atomic E-state index is 12.5. The van der Waals surface area contributed by atoms with Gasteiger partial charge in [0, 0.05) is 25.4 Å². The highest BCUT2D eigenvalue weighted by Gasteiger charge is 2.36. The Morgan fingerprint density at radius 2 is 2.33 bits per heavy atom. The molecule has 0 radical (unpaired) electrons. The van der Waals surface area contributed by atoms with E-state index in [-0.39, 0.29) is 17.9 Å². The normalized spacial score (nSPS) is 21.7. The van der Waals surface area contributed by atoms with Crippen LogP contribution in [0.1, 0.15) is 28.8 Å². The van der Waals surface area contributed by atoms with Gasteiger partial charge in [0.25, 0.3) is 0 Å². The second-order valence-electron chi connectivity index (χ2n) is 5.27. The number of hydrogen-bond acceptors (Lipinski definition) is 5. The van der Waals surface area contributed by atoms with Crippen molar-refractivity contribution in [3.8, 4) is 0 Å². The lowest BCUT2D eigenvalue weighted by molar-refractivity contribution is -0.121. The number of amides is 1. The van der Waals surface area contributed by atoms with Gasteiger partial charge in [-0.1, -0.05) is 0 Å². The van der Waals surface area contributed by atoms with Gasteiger partial charge in [0.05, 0.1) is 28.9 Å². The number of aromatic nitrogens is 3. The molecule has 0 aromatic carbocycles. The highest BCUT2D eigenvalue weighted by Crippen LogP contribution is 2.35. The fourth-order valence-electron chi connectivity index (χ4n) is 2.63. The Balaban J connectivity index is 1.75. The standard InChI is InChI=1S/C14H18N4O2S/c1-8-14(21-9(2)16-8)17-13(19)11-4-5-20-12(11)10-6-15-18(3)7-10/h6-7,11-12H,4-5H2,1-3H3,(H,17,19)/t11-,12+/m0/s1. The van der Waals surface area contributed by atoms with E-state index in [9.17, 15) is 4.79 Å². The van der Waals surface area contributed by atoms with Crippen LogP contribution >= 0.6 is 11.3 Å². The van der Waals surface area contributed by atoms with Gasteiger partial charge in [0.1, 0.15) is 5.00 Å². The van der Waals surface area contributed by atoms with E-state index in [4.69, 9.17) is 4.74 Å². The minimum atomic E-state index is -0.215. The average molecular weight is 306 g/mol. The maximum Gasteiger partial charge on any atom is 0.231 e. The minimum Gasteiger partial charge on any atom is -0.373 e. The zero-order valence-electron chi connectivity index (χ0n) is 12.3. The van der Waals surface area contributed by atoms with E-state index in [1.165, 1.54) is 11.3 Å². The van der Waals surface area contributed by atoms with Gasteiger partial charge < -0.3 is 10.1 Å². The van der Waals surface area contributed by atoms with Gasteiger partial charge in [-0.25, -0.2) is 4.98 Å². The maximum atomic E-state index is 12.5. The summed E-state index contributed by atoms with van der Waals surface area (Å²) in [7, 11) is 1.86. The molecule has 0 saturated carbocycles. The van der Waals surface area contributed by atoms with Crippen LogP contribution in [-0.2, 0) is 16.6 Å². The molecule has 1 amide bonds. The summed E-state index contributed by atoms with van der Waals surface area (Å²) in [4.78, 5) is 16.9. The van der Waals surface area contributed by atoms with Crippen LogP contribution in [0, 0.1) is 19.8 Å². The molecule has 1 saturated heterocycles. The third-order valence-corrected chi connectivity index (χ3v) is 4.61. The first-order chi connectivity index (χ1) is 10.0. The van der Waals surface area contributed by atoms with Crippen molar-refractivity contribution in [2.45, 2.75) is 26.4 Å². The summed E-state index contributed by atoms with van der Waals surface area (Å²) < 4.78 is 7.46. The Kier molecular flexibility index (Phi) is 3.77. The summed E-state index contributed by atoms with van der Waals surface area (Å²) in [5.41, 5.74) is 1.81. The Morgan fingerprint density at radius 1 is 1.52 bits per heavy atom. The fourth-order valence-corrected chi connectivity index (χ4v) is 3.45. The molecule has 0 aliphatic carbocycles. The molecule has 1 fully saturated rings. The minimum absolute atomic E-state index is 0.00639. The van der Waals surface area contributed by atoms with E-state index in [1.54, 1.807) is 10.9 Å². The molecule has 112 valence electrons. The summed E-state index contributed by atoms with van der Waals surface area (Å²) >= 11 is 1.50. The van der Waals surface area contributed by atoms with Gasteiger partial charge in [-0.3, -0.25) is 9.48 Å². The summed E-state index contributed by atoms with van der Waals surface area (Å²) in [5, 5.41) is 8.92. The van der Waals surface area contributed by atoms with Crippen molar-refractivity contribution in [2.75, 3.05) is 11.9 Å². The lowest BCUT2D eigenvalue weighted by Gasteiger charge is -2.16. The predicted molar refractivity (Wildman–Crippen MR) is 80.2 cm³/mol. The number of nitrogens with zero attached hydrogens (tertiary/aromatic N) is 3. The van der Waals surface area contributed by atoms with Crippen molar-refractivity contribution < 1.29 is 9.53 Å². The van der Waals surface area contributed by atoms with Crippen molar-refractivity contribution >= 4 is 22.2 Å². The van der Waals surface area contributed by atoms with Crippen LogP contribution in [0.2, 0.25) is 0 Å². The molecule has 21 heavy (non-hydrogen) atoms. The third-order valence-electron chi connectivity index (χ3n) is 3.62. The first-order valence-corrected chi connectivity index (χ1v) is 7.71. The Morgan fingerprint density at radius 3 is 2.95 bits per heavy atom. The first kappa shape index (κ1) is 14.2. The van der Waals surface area contributed by atoms with Crippen LogP contribution in [0.3, 0.4) is 0 Å². The molecule has 1 N–H and O–H groups in total. The predicted octanol–water partition coefficient (Wildman–Crippen LogP) is 2.21. The molecule has 2 atom stereocenters. The zero-order valence-corrected chi connectivity index (χ0v) is 13.1. The highest BCUT2D eigenvalue weighted by atomic mass is 32.1. The van der Waals surface area contributed by atoms with Crippen LogP contribution in [0.25, 0.3) is 0 Å². The van der Waals surface area contributed by atoms with Crippen LogP contribution in [0.5, 0.6) is 0 Å². The lowest BCUT2D eigenvalue weighted by Crippen LogP contribution is -2.25. The Labute approximate surface area is 127 Å².